The van der Waals surface area contributed by atoms with Gasteiger partial charge in [-0.25, -0.2) is 0 Å². The summed E-state index contributed by atoms with van der Waals surface area (Å²) in [5.74, 6) is 0.229. The van der Waals surface area contributed by atoms with Gasteiger partial charge in [-0.2, -0.15) is 0 Å². The van der Waals surface area contributed by atoms with Crippen LogP contribution in [0, 0.1) is 0 Å². The Morgan fingerprint density at radius 2 is 1.36 bits per heavy atom. The van der Waals surface area contributed by atoms with Crippen LogP contribution >= 0.6 is 11.6 Å². The van der Waals surface area contributed by atoms with Gasteiger partial charge in [0.05, 0.1) is 13.2 Å². The van der Waals surface area contributed by atoms with Crippen molar-refractivity contribution in [3.8, 4) is 0 Å². The third kappa shape index (κ3) is 15.4. The lowest BCUT2D eigenvalue weighted by Gasteiger charge is -2.05. The molecule has 0 N–H and O–H groups in total. The molecule has 0 amide bonds. The van der Waals surface area contributed by atoms with Crippen LogP contribution in [0.15, 0.2) is 12.7 Å². The molecule has 0 aliphatic rings. The van der Waals surface area contributed by atoms with Crippen LogP contribution < -0.4 is 0 Å². The zero-order valence-electron chi connectivity index (χ0n) is 13.5. The van der Waals surface area contributed by atoms with Crippen molar-refractivity contribution in [3.63, 3.8) is 0 Å². The van der Waals surface area contributed by atoms with Crippen molar-refractivity contribution >= 4 is 23.5 Å². The maximum absolute atomic E-state index is 11.5. The van der Waals surface area contributed by atoms with E-state index in [-0.39, 0.29) is 24.8 Å². The normalized spacial score (nSPS) is 10.2. The summed E-state index contributed by atoms with van der Waals surface area (Å²) in [4.78, 5) is 22.7. The van der Waals surface area contributed by atoms with Gasteiger partial charge in [0.25, 0.3) is 0 Å². The second-order valence-corrected chi connectivity index (χ2v) is 5.56. The molecule has 0 aliphatic carbocycles. The highest BCUT2D eigenvalue weighted by atomic mass is 35.5. The van der Waals surface area contributed by atoms with Crippen LogP contribution in [0.1, 0.15) is 64.2 Å². The molecule has 0 aromatic carbocycles. The minimum Gasteiger partial charge on any atom is -0.466 e. The minimum atomic E-state index is -0.272. The minimum absolute atomic E-state index is 0.235. The van der Waals surface area contributed by atoms with Crippen molar-refractivity contribution in [3.05, 3.63) is 12.7 Å². The standard InChI is InChI=1S/C17H29ClO4/c1-2-3-14-21-16(19)11-10-12-17(20)22-15-9-7-5-4-6-8-13-18/h2H,1,3-15H2. The predicted molar refractivity (Wildman–Crippen MR) is 89.0 cm³/mol. The van der Waals surface area contributed by atoms with Crippen LogP contribution in [-0.2, 0) is 19.1 Å². The van der Waals surface area contributed by atoms with E-state index in [9.17, 15) is 9.59 Å². The maximum Gasteiger partial charge on any atom is 0.305 e. The number of unbranched alkanes of at least 4 members (excludes halogenated alkanes) is 5. The average molecular weight is 333 g/mol. The summed E-state index contributed by atoms with van der Waals surface area (Å²) in [5.41, 5.74) is 0. The molecule has 0 bridgehead atoms. The number of ether oxygens (including phenoxy) is 2. The quantitative estimate of drug-likeness (QED) is 0.193. The molecular formula is C17H29ClO4. The van der Waals surface area contributed by atoms with Gasteiger partial charge in [-0.3, -0.25) is 9.59 Å². The second-order valence-electron chi connectivity index (χ2n) is 5.18. The van der Waals surface area contributed by atoms with E-state index in [1.807, 2.05) is 0 Å². The monoisotopic (exact) mass is 332 g/mol. The summed E-state index contributed by atoms with van der Waals surface area (Å²) < 4.78 is 10.1. The zero-order valence-corrected chi connectivity index (χ0v) is 14.2. The number of carbonyl (C=O) groups is 2. The molecule has 4 nitrogen and oxygen atoms in total. The lowest BCUT2D eigenvalue weighted by atomic mass is 10.1. The Hall–Kier alpha value is -1.03. The van der Waals surface area contributed by atoms with E-state index in [0.717, 1.165) is 31.6 Å². The highest BCUT2D eigenvalue weighted by Gasteiger charge is 2.06. The lowest BCUT2D eigenvalue weighted by molar-refractivity contribution is -0.145. The first kappa shape index (κ1) is 21.0. The molecule has 0 rings (SSSR count). The number of carbonyl (C=O) groups excluding carboxylic acids is 2. The van der Waals surface area contributed by atoms with Crippen LogP contribution in [0.25, 0.3) is 0 Å². The molecule has 0 aromatic rings. The molecule has 0 radical (unpaired) electrons. The molecule has 5 heteroatoms. The van der Waals surface area contributed by atoms with Crippen LogP contribution in [0.4, 0.5) is 0 Å². The third-order valence-electron chi connectivity index (χ3n) is 3.14. The van der Waals surface area contributed by atoms with Gasteiger partial charge in [-0.15, -0.1) is 18.2 Å². The Bertz CT molecular complexity index is 305. The van der Waals surface area contributed by atoms with E-state index in [2.05, 4.69) is 6.58 Å². The predicted octanol–water partition coefficient (Wildman–Crippen LogP) is 4.40. The zero-order chi connectivity index (χ0) is 16.5. The van der Waals surface area contributed by atoms with E-state index in [1.165, 1.54) is 12.8 Å². The Morgan fingerprint density at radius 3 is 1.95 bits per heavy atom. The molecule has 0 saturated heterocycles. The Morgan fingerprint density at radius 1 is 0.818 bits per heavy atom. The molecule has 0 spiro atoms. The summed E-state index contributed by atoms with van der Waals surface area (Å²) in [7, 11) is 0. The fraction of sp³-hybridized carbons (Fsp3) is 0.765. The molecule has 128 valence electrons. The van der Waals surface area contributed by atoms with Gasteiger partial charge in [0.1, 0.15) is 0 Å². The Kier molecular flexibility index (Phi) is 15.6. The number of halogens is 1. The van der Waals surface area contributed by atoms with Crippen LogP contribution in [-0.4, -0.2) is 31.0 Å². The Labute approximate surface area is 139 Å². The number of hydrogen-bond donors (Lipinski definition) is 0. The molecule has 0 aliphatic heterocycles. The summed E-state index contributed by atoms with van der Waals surface area (Å²) >= 11 is 5.60. The van der Waals surface area contributed by atoms with Crippen LogP contribution in [0.2, 0.25) is 0 Å². The van der Waals surface area contributed by atoms with E-state index >= 15 is 0 Å². The van der Waals surface area contributed by atoms with Gasteiger partial charge in [0, 0.05) is 18.7 Å². The fourth-order valence-corrected chi connectivity index (χ4v) is 2.06. The number of rotatable bonds is 15. The summed E-state index contributed by atoms with van der Waals surface area (Å²) in [6, 6.07) is 0. The number of hydrogen-bond acceptors (Lipinski definition) is 4. The van der Waals surface area contributed by atoms with Gasteiger partial charge < -0.3 is 9.47 Å². The largest absolute Gasteiger partial charge is 0.466 e. The van der Waals surface area contributed by atoms with E-state index in [1.54, 1.807) is 6.08 Å². The highest BCUT2D eigenvalue weighted by Crippen LogP contribution is 2.07. The number of alkyl halides is 1. The number of esters is 2. The maximum atomic E-state index is 11.5. The molecule has 0 atom stereocenters. The molecule has 0 aromatic heterocycles. The smallest absolute Gasteiger partial charge is 0.305 e. The fourth-order valence-electron chi connectivity index (χ4n) is 1.87. The summed E-state index contributed by atoms with van der Waals surface area (Å²) in [5, 5.41) is 0. The topological polar surface area (TPSA) is 52.6 Å². The van der Waals surface area contributed by atoms with Gasteiger partial charge in [0.2, 0.25) is 0 Å². The first-order valence-electron chi connectivity index (χ1n) is 8.18. The first-order chi connectivity index (χ1) is 10.7. The molecule has 0 fully saturated rings. The van der Waals surface area contributed by atoms with Gasteiger partial charge >= 0.3 is 11.9 Å². The third-order valence-corrected chi connectivity index (χ3v) is 3.41. The first-order valence-corrected chi connectivity index (χ1v) is 8.72. The van der Waals surface area contributed by atoms with Gasteiger partial charge in [0.15, 0.2) is 0 Å². The molecule has 0 unspecified atom stereocenters. The van der Waals surface area contributed by atoms with Crippen molar-refractivity contribution in [2.24, 2.45) is 0 Å². The SMILES string of the molecule is C=CCCOC(=O)CCCC(=O)OCCCCCCCCCl. The second kappa shape index (κ2) is 16.3. The summed E-state index contributed by atoms with van der Waals surface area (Å²) in [6.45, 7) is 4.37. The van der Waals surface area contributed by atoms with Gasteiger partial charge in [-0.1, -0.05) is 31.8 Å². The van der Waals surface area contributed by atoms with Crippen LogP contribution in [0.5, 0.6) is 0 Å². The van der Waals surface area contributed by atoms with Crippen molar-refractivity contribution in [1.82, 2.24) is 0 Å². The van der Waals surface area contributed by atoms with E-state index in [4.69, 9.17) is 21.1 Å². The molecule has 0 saturated carbocycles. The van der Waals surface area contributed by atoms with E-state index in [0.29, 0.717) is 26.1 Å². The van der Waals surface area contributed by atoms with Crippen molar-refractivity contribution in [2.75, 3.05) is 19.1 Å². The van der Waals surface area contributed by atoms with Gasteiger partial charge in [-0.05, 0) is 25.7 Å². The van der Waals surface area contributed by atoms with Crippen LogP contribution in [0.3, 0.4) is 0 Å². The van der Waals surface area contributed by atoms with Crippen molar-refractivity contribution in [1.29, 1.82) is 0 Å². The summed E-state index contributed by atoms with van der Waals surface area (Å²) in [6.07, 6.45) is 9.92. The molecular weight excluding hydrogens is 304 g/mol. The highest BCUT2D eigenvalue weighted by molar-refractivity contribution is 6.17. The average Bonchev–Trinajstić information content (AvgIpc) is 2.50. The Balaban J connectivity index is 3.32. The van der Waals surface area contributed by atoms with Crippen molar-refractivity contribution < 1.29 is 19.1 Å². The van der Waals surface area contributed by atoms with E-state index < -0.39 is 0 Å². The lowest BCUT2D eigenvalue weighted by Crippen LogP contribution is -2.09. The molecule has 22 heavy (non-hydrogen) atoms. The molecule has 0 heterocycles. The van der Waals surface area contributed by atoms with Crippen molar-refractivity contribution in [2.45, 2.75) is 64.2 Å².